The predicted octanol–water partition coefficient (Wildman–Crippen LogP) is 2.43. The van der Waals surface area contributed by atoms with Crippen molar-refractivity contribution in [2.24, 2.45) is 5.92 Å². The Morgan fingerprint density at radius 2 is 2.06 bits per heavy atom. The molecule has 0 N–H and O–H groups in total. The van der Waals surface area contributed by atoms with Crippen molar-refractivity contribution in [3.05, 3.63) is 35.4 Å². The minimum atomic E-state index is -0.211. The third-order valence-electron chi connectivity index (χ3n) is 2.54. The zero-order valence-corrected chi connectivity index (χ0v) is 9.59. The molecule has 4 nitrogen and oxygen atoms in total. The van der Waals surface area contributed by atoms with Gasteiger partial charge in [0.15, 0.2) is 0 Å². The molecular formula is C14H10N2O2. The van der Waals surface area contributed by atoms with Gasteiger partial charge in [-0.1, -0.05) is 12.1 Å². The summed E-state index contributed by atoms with van der Waals surface area (Å²) in [4.78, 5) is 11.5. The quantitative estimate of drug-likeness (QED) is 0.460. The topological polar surface area (TPSA) is 73.9 Å². The third kappa shape index (κ3) is 2.96. The average molecular weight is 238 g/mol. The van der Waals surface area contributed by atoms with Crippen LogP contribution in [0.2, 0.25) is 0 Å². The fourth-order valence-corrected chi connectivity index (χ4v) is 1.44. The molecule has 0 atom stereocenters. The van der Waals surface area contributed by atoms with Crippen LogP contribution in [0.4, 0.5) is 0 Å². The van der Waals surface area contributed by atoms with E-state index in [4.69, 9.17) is 15.3 Å². The van der Waals surface area contributed by atoms with Crippen LogP contribution in [0.3, 0.4) is 0 Å². The number of ether oxygens (including phenoxy) is 1. The fourth-order valence-electron chi connectivity index (χ4n) is 1.44. The van der Waals surface area contributed by atoms with Crippen LogP contribution < -0.4 is 4.74 Å². The molecule has 0 spiro atoms. The zero-order valence-electron chi connectivity index (χ0n) is 9.59. The maximum Gasteiger partial charge on any atom is 0.314 e. The van der Waals surface area contributed by atoms with E-state index >= 15 is 0 Å². The number of allylic oxidation sites excluding steroid dienone is 1. The first kappa shape index (κ1) is 11.9. The summed E-state index contributed by atoms with van der Waals surface area (Å²) in [7, 11) is 0. The molecule has 0 radical (unpaired) electrons. The van der Waals surface area contributed by atoms with E-state index in [0.29, 0.717) is 11.3 Å². The number of hydrogen-bond donors (Lipinski definition) is 0. The highest BCUT2D eigenvalue weighted by Crippen LogP contribution is 2.31. The minimum Gasteiger partial charge on any atom is -0.426 e. The smallest absolute Gasteiger partial charge is 0.314 e. The lowest BCUT2D eigenvalue weighted by Crippen LogP contribution is -2.09. The molecule has 1 aromatic rings. The molecule has 2 rings (SSSR count). The molecule has 18 heavy (non-hydrogen) atoms. The number of esters is 1. The Bertz CT molecular complexity index is 571. The van der Waals surface area contributed by atoms with Crippen molar-refractivity contribution < 1.29 is 9.53 Å². The lowest BCUT2D eigenvalue weighted by Gasteiger charge is -2.03. The van der Waals surface area contributed by atoms with E-state index in [1.54, 1.807) is 36.4 Å². The highest BCUT2D eigenvalue weighted by Gasteiger charge is 2.31. The van der Waals surface area contributed by atoms with E-state index in [-0.39, 0.29) is 17.5 Å². The Balaban J connectivity index is 2.15. The Morgan fingerprint density at radius 3 is 2.67 bits per heavy atom. The molecule has 0 aliphatic heterocycles. The number of nitriles is 2. The second-order valence-electron chi connectivity index (χ2n) is 4.05. The molecule has 1 aliphatic carbocycles. The van der Waals surface area contributed by atoms with E-state index < -0.39 is 0 Å². The second-order valence-corrected chi connectivity index (χ2v) is 4.05. The zero-order chi connectivity index (χ0) is 13.0. The van der Waals surface area contributed by atoms with Gasteiger partial charge in [0.05, 0.1) is 5.92 Å². The highest BCUT2D eigenvalue weighted by molar-refractivity contribution is 5.77. The van der Waals surface area contributed by atoms with E-state index in [1.807, 2.05) is 0 Å². The largest absolute Gasteiger partial charge is 0.426 e. The van der Waals surface area contributed by atoms with Crippen molar-refractivity contribution in [3.63, 3.8) is 0 Å². The SMILES string of the molecule is N#CC(C#N)=Cc1cccc(OC(=O)C2CC2)c1. The van der Waals surface area contributed by atoms with Crippen molar-refractivity contribution in [2.75, 3.05) is 0 Å². The molecular weight excluding hydrogens is 228 g/mol. The van der Waals surface area contributed by atoms with Gasteiger partial charge in [-0.3, -0.25) is 4.79 Å². The molecule has 88 valence electrons. The summed E-state index contributed by atoms with van der Waals surface area (Å²) in [5.41, 5.74) is 0.676. The summed E-state index contributed by atoms with van der Waals surface area (Å²) in [6.45, 7) is 0. The first-order chi connectivity index (χ1) is 8.72. The number of carbonyl (C=O) groups excluding carboxylic acids is 1. The van der Waals surface area contributed by atoms with Crippen LogP contribution in [0.15, 0.2) is 29.8 Å². The highest BCUT2D eigenvalue weighted by atomic mass is 16.5. The van der Waals surface area contributed by atoms with Crippen LogP contribution in [0.5, 0.6) is 5.75 Å². The molecule has 0 saturated heterocycles. The number of nitrogens with zero attached hydrogens (tertiary/aromatic N) is 2. The van der Waals surface area contributed by atoms with Gasteiger partial charge in [0.25, 0.3) is 0 Å². The van der Waals surface area contributed by atoms with Crippen molar-refractivity contribution in [2.45, 2.75) is 12.8 Å². The van der Waals surface area contributed by atoms with Gasteiger partial charge in [0.1, 0.15) is 23.5 Å². The molecule has 0 amide bonds. The van der Waals surface area contributed by atoms with Crippen LogP contribution >= 0.6 is 0 Å². The van der Waals surface area contributed by atoms with Gasteiger partial charge < -0.3 is 4.74 Å². The summed E-state index contributed by atoms with van der Waals surface area (Å²) in [6.07, 6.45) is 3.24. The van der Waals surface area contributed by atoms with E-state index in [0.717, 1.165) is 12.8 Å². The van der Waals surface area contributed by atoms with Gasteiger partial charge >= 0.3 is 5.97 Å². The van der Waals surface area contributed by atoms with Crippen molar-refractivity contribution >= 4 is 12.0 Å². The minimum absolute atomic E-state index is 0.0145. The van der Waals surface area contributed by atoms with Gasteiger partial charge in [0, 0.05) is 0 Å². The fraction of sp³-hybridized carbons (Fsp3) is 0.214. The van der Waals surface area contributed by atoms with Crippen LogP contribution in [-0.2, 0) is 4.79 Å². The number of benzene rings is 1. The molecule has 0 heterocycles. The summed E-state index contributed by atoms with van der Waals surface area (Å²) in [5.74, 6) is 0.269. The second kappa shape index (κ2) is 5.16. The first-order valence-electron chi connectivity index (χ1n) is 5.56. The molecule has 1 saturated carbocycles. The third-order valence-corrected chi connectivity index (χ3v) is 2.54. The first-order valence-corrected chi connectivity index (χ1v) is 5.56. The monoisotopic (exact) mass is 238 g/mol. The van der Waals surface area contributed by atoms with Crippen LogP contribution in [0, 0.1) is 28.6 Å². The lowest BCUT2D eigenvalue weighted by atomic mass is 10.1. The van der Waals surface area contributed by atoms with Gasteiger partial charge in [-0.25, -0.2) is 0 Å². The predicted molar refractivity (Wildman–Crippen MR) is 64.0 cm³/mol. The summed E-state index contributed by atoms with van der Waals surface area (Å²) in [5, 5.41) is 17.3. The number of hydrogen-bond acceptors (Lipinski definition) is 4. The average Bonchev–Trinajstić information content (AvgIpc) is 3.20. The molecule has 1 aliphatic rings. The Morgan fingerprint density at radius 1 is 1.33 bits per heavy atom. The number of rotatable bonds is 3. The molecule has 0 aromatic heterocycles. The van der Waals surface area contributed by atoms with Gasteiger partial charge in [0.2, 0.25) is 0 Å². The van der Waals surface area contributed by atoms with Crippen molar-refractivity contribution in [1.82, 2.24) is 0 Å². The van der Waals surface area contributed by atoms with Crippen LogP contribution in [-0.4, -0.2) is 5.97 Å². The van der Waals surface area contributed by atoms with E-state index in [1.165, 1.54) is 6.08 Å². The number of carbonyl (C=O) groups is 1. The molecule has 1 aromatic carbocycles. The Kier molecular flexibility index (Phi) is 3.41. The van der Waals surface area contributed by atoms with Crippen LogP contribution in [0.25, 0.3) is 6.08 Å². The Labute approximate surface area is 105 Å². The van der Waals surface area contributed by atoms with E-state index in [9.17, 15) is 4.79 Å². The molecule has 1 fully saturated rings. The molecule has 0 unspecified atom stereocenters. The van der Waals surface area contributed by atoms with Crippen molar-refractivity contribution in [1.29, 1.82) is 10.5 Å². The standard InChI is InChI=1S/C14H10N2O2/c15-8-11(9-16)6-10-2-1-3-13(7-10)18-14(17)12-4-5-12/h1-3,6-7,12H,4-5H2. The molecule has 0 bridgehead atoms. The van der Waals surface area contributed by atoms with Gasteiger partial charge in [-0.05, 0) is 36.6 Å². The maximum absolute atomic E-state index is 11.5. The normalized spacial score (nSPS) is 13.0. The Hall–Kier alpha value is -2.59. The lowest BCUT2D eigenvalue weighted by molar-refractivity contribution is -0.135. The summed E-state index contributed by atoms with van der Waals surface area (Å²) >= 11 is 0. The van der Waals surface area contributed by atoms with Gasteiger partial charge in [-0.15, -0.1) is 0 Å². The van der Waals surface area contributed by atoms with Crippen LogP contribution in [0.1, 0.15) is 18.4 Å². The maximum atomic E-state index is 11.5. The van der Waals surface area contributed by atoms with E-state index in [2.05, 4.69) is 0 Å². The van der Waals surface area contributed by atoms with Crippen molar-refractivity contribution in [3.8, 4) is 17.9 Å². The summed E-state index contributed by atoms with van der Waals surface area (Å²) in [6, 6.07) is 10.3. The molecule has 4 heteroatoms. The summed E-state index contributed by atoms with van der Waals surface area (Å²) < 4.78 is 5.19. The van der Waals surface area contributed by atoms with Gasteiger partial charge in [-0.2, -0.15) is 10.5 Å².